The van der Waals surface area contributed by atoms with Gasteiger partial charge in [0.15, 0.2) is 0 Å². The number of primary amides is 1. The molecule has 7 nitrogen and oxygen atoms in total. The van der Waals surface area contributed by atoms with Gasteiger partial charge in [-0.15, -0.1) is 11.5 Å². The number of benzene rings is 2. The molecular weight excluding hydrogens is 470 g/mol. The lowest BCUT2D eigenvalue weighted by molar-refractivity contribution is -0.128. The first kappa shape index (κ1) is 28.7. The van der Waals surface area contributed by atoms with Gasteiger partial charge in [0.25, 0.3) is 0 Å². The predicted octanol–water partition coefficient (Wildman–Crippen LogP) is 3.94. The fraction of sp³-hybridized carbons (Fsp3) is 0.393. The molecule has 0 aliphatic rings. The summed E-state index contributed by atoms with van der Waals surface area (Å²) in [7, 11) is -1.88. The molecule has 0 radical (unpaired) electrons. The van der Waals surface area contributed by atoms with Crippen LogP contribution in [-0.4, -0.2) is 38.1 Å². The Balaban J connectivity index is 2.11. The average Bonchev–Trinajstić information content (AvgIpc) is 2.82. The highest BCUT2D eigenvalue weighted by Crippen LogP contribution is 2.35. The molecule has 36 heavy (non-hydrogen) atoms. The van der Waals surface area contributed by atoms with Gasteiger partial charge in [0.05, 0.1) is 0 Å². The Morgan fingerprint density at radius 2 is 1.47 bits per heavy atom. The number of alkyl carbamates (subject to hydrolysis) is 1. The first-order chi connectivity index (χ1) is 16.9. The Morgan fingerprint density at radius 3 is 2.00 bits per heavy atom. The normalized spacial score (nSPS) is 12.9. The second-order valence-electron chi connectivity index (χ2n) is 10.3. The third kappa shape index (κ3) is 9.23. The first-order valence-electron chi connectivity index (χ1n) is 12.0. The molecule has 0 saturated heterocycles. The molecule has 4 N–H and O–H groups in total. The minimum absolute atomic E-state index is 0.0658. The Kier molecular flexibility index (Phi) is 10.3. The Morgan fingerprint density at radius 1 is 0.917 bits per heavy atom. The van der Waals surface area contributed by atoms with E-state index in [1.165, 1.54) is 0 Å². The summed E-state index contributed by atoms with van der Waals surface area (Å²) in [6.07, 6.45) is -0.415. The van der Waals surface area contributed by atoms with Crippen LogP contribution in [0.2, 0.25) is 18.1 Å². The number of hydrogen-bond acceptors (Lipinski definition) is 4. The molecule has 0 spiro atoms. The van der Waals surface area contributed by atoms with Crippen LogP contribution >= 0.6 is 0 Å². The second-order valence-corrected chi connectivity index (χ2v) is 15.3. The topological polar surface area (TPSA) is 111 Å². The molecule has 0 fully saturated rings. The van der Waals surface area contributed by atoms with Gasteiger partial charge in [-0.1, -0.05) is 94.5 Å². The van der Waals surface area contributed by atoms with Crippen LogP contribution in [0, 0.1) is 11.5 Å². The second kappa shape index (κ2) is 12.9. The van der Waals surface area contributed by atoms with Gasteiger partial charge in [0.1, 0.15) is 26.8 Å². The van der Waals surface area contributed by atoms with Gasteiger partial charge in [-0.25, -0.2) is 4.79 Å². The molecule has 192 valence electrons. The summed E-state index contributed by atoms with van der Waals surface area (Å²) in [5.41, 5.74) is 10.6. The summed E-state index contributed by atoms with van der Waals surface area (Å²) in [5.74, 6) is 1.85. The number of rotatable bonds is 9. The summed E-state index contributed by atoms with van der Waals surface area (Å²) in [6.45, 7) is 10.9. The van der Waals surface area contributed by atoms with Crippen molar-refractivity contribution in [2.75, 3.05) is 0 Å². The van der Waals surface area contributed by atoms with E-state index in [0.29, 0.717) is 0 Å². The summed E-state index contributed by atoms with van der Waals surface area (Å²) >= 11 is 0. The van der Waals surface area contributed by atoms with Gasteiger partial charge >= 0.3 is 6.09 Å². The Bertz CT molecular complexity index is 1090. The van der Waals surface area contributed by atoms with Crippen molar-refractivity contribution in [3.05, 3.63) is 71.8 Å². The zero-order chi connectivity index (χ0) is 26.8. The zero-order valence-corrected chi connectivity index (χ0v) is 22.8. The Hall–Kier alpha value is -3.57. The van der Waals surface area contributed by atoms with Crippen molar-refractivity contribution in [3.63, 3.8) is 0 Å². The number of amides is 3. The standard InChI is InChI=1S/C28H37N3O4Si/c1-28(2,3)36(4,5)18-12-17-23(25(29)32)30-26(33)24(19-21-13-8-6-9-14-21)31-27(34)35-20-22-15-10-7-11-16-22/h6-11,13-16,23-24H,17,19-20H2,1-5H3,(H2,29,32)(H,30,33)(H,31,34)/t23-,24-/m1/s1. The van der Waals surface area contributed by atoms with Crippen molar-refractivity contribution in [1.29, 1.82) is 0 Å². The fourth-order valence-electron chi connectivity index (χ4n) is 3.02. The van der Waals surface area contributed by atoms with Gasteiger partial charge in [0.2, 0.25) is 11.8 Å². The van der Waals surface area contributed by atoms with Crippen molar-refractivity contribution in [2.24, 2.45) is 5.73 Å². The molecule has 0 aliphatic carbocycles. The first-order valence-corrected chi connectivity index (χ1v) is 15.0. The third-order valence-corrected chi connectivity index (χ3v) is 10.9. The van der Waals surface area contributed by atoms with Crippen molar-refractivity contribution < 1.29 is 19.1 Å². The van der Waals surface area contributed by atoms with E-state index in [9.17, 15) is 14.4 Å². The summed E-state index contributed by atoms with van der Waals surface area (Å²) in [6, 6.07) is 16.6. The van der Waals surface area contributed by atoms with Gasteiger partial charge in [-0.2, -0.15) is 0 Å². The van der Waals surface area contributed by atoms with E-state index in [0.717, 1.165) is 11.1 Å². The van der Waals surface area contributed by atoms with Crippen molar-refractivity contribution in [2.45, 2.75) is 70.4 Å². The number of nitrogens with two attached hydrogens (primary N) is 1. The quantitative estimate of drug-likeness (QED) is 0.353. The third-order valence-electron chi connectivity index (χ3n) is 6.35. The van der Waals surface area contributed by atoms with Crippen LogP contribution in [0.3, 0.4) is 0 Å². The van der Waals surface area contributed by atoms with E-state index in [4.69, 9.17) is 10.5 Å². The monoisotopic (exact) mass is 507 g/mol. The van der Waals surface area contributed by atoms with Gasteiger partial charge in [-0.05, 0) is 16.2 Å². The van der Waals surface area contributed by atoms with E-state index in [-0.39, 0.29) is 24.5 Å². The molecule has 0 bridgehead atoms. The number of ether oxygens (including phenoxy) is 1. The van der Waals surface area contributed by atoms with Crippen LogP contribution in [0.25, 0.3) is 0 Å². The lowest BCUT2D eigenvalue weighted by Gasteiger charge is -2.31. The SMILES string of the molecule is CC(C)(C)[Si](C)(C)C#CC[C@@H](NC(=O)[C@@H](Cc1ccccc1)NC(=O)OCc1ccccc1)C(N)=O. The smallest absolute Gasteiger partial charge is 0.408 e. The molecule has 0 heterocycles. The van der Waals surface area contributed by atoms with Crippen LogP contribution in [0.4, 0.5) is 4.79 Å². The zero-order valence-electron chi connectivity index (χ0n) is 21.8. The number of carbonyl (C=O) groups is 3. The maximum absolute atomic E-state index is 13.2. The molecule has 2 aromatic carbocycles. The Labute approximate surface area is 215 Å². The lowest BCUT2D eigenvalue weighted by atomic mass is 10.0. The highest BCUT2D eigenvalue weighted by molar-refractivity contribution is 6.87. The number of nitrogens with one attached hydrogen (secondary N) is 2. The largest absolute Gasteiger partial charge is 0.445 e. The molecule has 0 saturated carbocycles. The molecule has 8 heteroatoms. The van der Waals surface area contributed by atoms with Crippen LogP contribution in [0.1, 0.15) is 38.3 Å². The van der Waals surface area contributed by atoms with Gasteiger partial charge in [-0.3, -0.25) is 9.59 Å². The molecule has 0 aliphatic heterocycles. The summed E-state index contributed by atoms with van der Waals surface area (Å²) in [5, 5.41) is 5.36. The molecular formula is C28H37N3O4Si. The van der Waals surface area contributed by atoms with E-state index in [1.807, 2.05) is 60.7 Å². The molecule has 3 amide bonds. The highest BCUT2D eigenvalue weighted by atomic mass is 28.3. The van der Waals surface area contributed by atoms with Crippen LogP contribution in [-0.2, 0) is 27.4 Å². The summed E-state index contributed by atoms with van der Waals surface area (Å²) < 4.78 is 5.29. The number of hydrogen-bond donors (Lipinski definition) is 3. The summed E-state index contributed by atoms with van der Waals surface area (Å²) in [4.78, 5) is 37.7. The molecule has 2 atom stereocenters. The van der Waals surface area contributed by atoms with E-state index < -0.39 is 38.1 Å². The van der Waals surface area contributed by atoms with E-state index in [2.05, 4.69) is 56.0 Å². The predicted molar refractivity (Wildman–Crippen MR) is 144 cm³/mol. The lowest BCUT2D eigenvalue weighted by Crippen LogP contribution is -2.53. The van der Waals surface area contributed by atoms with Gasteiger partial charge in [0, 0.05) is 12.8 Å². The number of carbonyl (C=O) groups excluding carboxylic acids is 3. The molecule has 0 unspecified atom stereocenters. The fourth-order valence-corrected chi connectivity index (χ4v) is 3.94. The van der Waals surface area contributed by atoms with Crippen LogP contribution in [0.15, 0.2) is 60.7 Å². The van der Waals surface area contributed by atoms with Crippen LogP contribution in [0.5, 0.6) is 0 Å². The highest BCUT2D eigenvalue weighted by Gasteiger charge is 2.34. The minimum Gasteiger partial charge on any atom is -0.445 e. The van der Waals surface area contributed by atoms with Crippen molar-refractivity contribution >= 4 is 26.0 Å². The van der Waals surface area contributed by atoms with Crippen LogP contribution < -0.4 is 16.4 Å². The maximum Gasteiger partial charge on any atom is 0.408 e. The van der Waals surface area contributed by atoms with Gasteiger partial charge < -0.3 is 21.1 Å². The van der Waals surface area contributed by atoms with Crippen molar-refractivity contribution in [3.8, 4) is 11.5 Å². The maximum atomic E-state index is 13.2. The van der Waals surface area contributed by atoms with Crippen molar-refractivity contribution in [1.82, 2.24) is 10.6 Å². The molecule has 0 aromatic heterocycles. The average molecular weight is 508 g/mol. The molecule has 2 rings (SSSR count). The minimum atomic E-state index is -1.88. The van der Waals surface area contributed by atoms with E-state index >= 15 is 0 Å². The van der Waals surface area contributed by atoms with E-state index in [1.54, 1.807) is 0 Å². The molecule has 2 aromatic rings.